The monoisotopic (exact) mass is 267 g/mol. The summed E-state index contributed by atoms with van der Waals surface area (Å²) in [5.41, 5.74) is 6.68. The first-order chi connectivity index (χ1) is 8.72. The Bertz CT molecular complexity index is 351. The van der Waals surface area contributed by atoms with Crippen molar-refractivity contribution in [2.75, 3.05) is 20.3 Å². The van der Waals surface area contributed by atoms with Gasteiger partial charge < -0.3 is 15.2 Å². The van der Waals surface area contributed by atoms with Crippen molar-refractivity contribution in [3.63, 3.8) is 0 Å². The van der Waals surface area contributed by atoms with E-state index in [1.807, 2.05) is 12.1 Å². The summed E-state index contributed by atoms with van der Waals surface area (Å²) in [5, 5.41) is 0. The third-order valence-corrected chi connectivity index (χ3v) is 2.81. The van der Waals surface area contributed by atoms with Crippen molar-refractivity contribution in [1.82, 2.24) is 0 Å². The van der Waals surface area contributed by atoms with Gasteiger partial charge in [0, 0.05) is 7.11 Å². The summed E-state index contributed by atoms with van der Waals surface area (Å²) in [6.45, 7) is 1.46. The fraction of sp³-hybridized carbons (Fsp3) is 0.500. The van der Waals surface area contributed by atoms with Gasteiger partial charge in [0.05, 0.1) is 18.2 Å². The molecular formula is C14H21NO2S. The first-order valence-corrected chi connectivity index (χ1v) is 6.62. The summed E-state index contributed by atoms with van der Waals surface area (Å²) in [6.07, 6.45) is 3.70. The maximum Gasteiger partial charge on any atom is 0.119 e. The normalized spacial score (nSPS) is 10.3. The van der Waals surface area contributed by atoms with Gasteiger partial charge in [-0.2, -0.15) is 0 Å². The van der Waals surface area contributed by atoms with Crippen molar-refractivity contribution >= 4 is 17.2 Å². The van der Waals surface area contributed by atoms with Crippen LogP contribution in [0.4, 0.5) is 0 Å². The van der Waals surface area contributed by atoms with Crippen LogP contribution in [-0.4, -0.2) is 25.3 Å². The summed E-state index contributed by atoms with van der Waals surface area (Å²) in [7, 11) is 1.71. The molecule has 18 heavy (non-hydrogen) atoms. The molecule has 0 bridgehead atoms. The summed E-state index contributed by atoms with van der Waals surface area (Å²) in [4.78, 5) is 0.581. The quantitative estimate of drug-likeness (QED) is 0.552. The maximum atomic E-state index is 5.63. The average molecular weight is 267 g/mol. The summed E-state index contributed by atoms with van der Waals surface area (Å²) in [6, 6.07) is 8.14. The van der Waals surface area contributed by atoms with Crippen molar-refractivity contribution in [3.8, 4) is 5.75 Å². The highest BCUT2D eigenvalue weighted by Crippen LogP contribution is 2.13. The molecule has 0 spiro atoms. The van der Waals surface area contributed by atoms with Crippen LogP contribution in [-0.2, 0) is 11.2 Å². The van der Waals surface area contributed by atoms with E-state index in [9.17, 15) is 0 Å². The van der Waals surface area contributed by atoms with E-state index in [-0.39, 0.29) is 0 Å². The minimum absolute atomic E-state index is 0.581. The lowest BCUT2D eigenvalue weighted by atomic mass is 10.1. The standard InChI is InChI=1S/C14H21NO2S/c1-16-11-9-12-5-7-13(8-6-12)17-10-3-2-4-14(15)18/h5-8H,2-4,9-11H2,1H3,(H2,15,18). The predicted octanol–water partition coefficient (Wildman–Crippen LogP) is 2.71. The van der Waals surface area contributed by atoms with Crippen LogP contribution in [0.3, 0.4) is 0 Å². The highest BCUT2D eigenvalue weighted by Gasteiger charge is 1.96. The van der Waals surface area contributed by atoms with Gasteiger partial charge in [0.2, 0.25) is 0 Å². The summed E-state index contributed by atoms with van der Waals surface area (Å²) < 4.78 is 10.7. The Hall–Kier alpha value is -1.13. The molecule has 2 N–H and O–H groups in total. The molecule has 0 fully saturated rings. The van der Waals surface area contributed by atoms with E-state index >= 15 is 0 Å². The molecule has 100 valence electrons. The van der Waals surface area contributed by atoms with E-state index in [4.69, 9.17) is 27.4 Å². The summed E-state index contributed by atoms with van der Waals surface area (Å²) >= 11 is 4.81. The molecule has 0 amide bonds. The van der Waals surface area contributed by atoms with Gasteiger partial charge in [-0.25, -0.2) is 0 Å². The van der Waals surface area contributed by atoms with Gasteiger partial charge in [-0.05, 0) is 43.4 Å². The third-order valence-electron chi connectivity index (χ3n) is 2.60. The lowest BCUT2D eigenvalue weighted by molar-refractivity contribution is 0.202. The van der Waals surface area contributed by atoms with Crippen LogP contribution in [0.15, 0.2) is 24.3 Å². The zero-order chi connectivity index (χ0) is 13.2. The van der Waals surface area contributed by atoms with Crippen molar-refractivity contribution in [2.45, 2.75) is 25.7 Å². The number of benzene rings is 1. The Morgan fingerprint density at radius 1 is 1.17 bits per heavy atom. The Morgan fingerprint density at radius 3 is 2.50 bits per heavy atom. The zero-order valence-corrected chi connectivity index (χ0v) is 11.7. The van der Waals surface area contributed by atoms with Crippen molar-refractivity contribution in [1.29, 1.82) is 0 Å². The molecule has 0 atom stereocenters. The smallest absolute Gasteiger partial charge is 0.119 e. The largest absolute Gasteiger partial charge is 0.494 e. The van der Waals surface area contributed by atoms with Gasteiger partial charge in [0.25, 0.3) is 0 Å². The SMILES string of the molecule is COCCc1ccc(OCCCCC(N)=S)cc1. The van der Waals surface area contributed by atoms with Crippen LogP contribution in [0.1, 0.15) is 24.8 Å². The fourth-order valence-electron chi connectivity index (χ4n) is 1.56. The highest BCUT2D eigenvalue weighted by atomic mass is 32.1. The van der Waals surface area contributed by atoms with Crippen molar-refractivity contribution in [3.05, 3.63) is 29.8 Å². The fourth-order valence-corrected chi connectivity index (χ4v) is 1.71. The Morgan fingerprint density at radius 2 is 1.89 bits per heavy atom. The molecule has 0 saturated carbocycles. The molecular weight excluding hydrogens is 246 g/mol. The third kappa shape index (κ3) is 6.57. The zero-order valence-electron chi connectivity index (χ0n) is 10.9. The predicted molar refractivity (Wildman–Crippen MR) is 78.2 cm³/mol. The lowest BCUT2D eigenvalue weighted by Gasteiger charge is -2.07. The molecule has 0 aliphatic heterocycles. The van der Waals surface area contributed by atoms with E-state index < -0.39 is 0 Å². The Labute approximate surface area is 114 Å². The first kappa shape index (κ1) is 14.9. The number of hydrogen-bond acceptors (Lipinski definition) is 3. The molecule has 0 radical (unpaired) electrons. The molecule has 4 heteroatoms. The number of unbranched alkanes of at least 4 members (excludes halogenated alkanes) is 1. The van der Waals surface area contributed by atoms with E-state index in [2.05, 4.69) is 12.1 Å². The minimum atomic E-state index is 0.581. The van der Waals surface area contributed by atoms with Crippen LogP contribution in [0.2, 0.25) is 0 Å². The van der Waals surface area contributed by atoms with Gasteiger partial charge in [-0.15, -0.1) is 0 Å². The molecule has 1 rings (SSSR count). The molecule has 0 aliphatic carbocycles. The summed E-state index contributed by atoms with van der Waals surface area (Å²) in [5.74, 6) is 0.909. The minimum Gasteiger partial charge on any atom is -0.494 e. The van der Waals surface area contributed by atoms with E-state index in [1.165, 1.54) is 5.56 Å². The Kier molecular flexibility index (Phi) is 7.37. The number of hydrogen-bond donors (Lipinski definition) is 1. The van der Waals surface area contributed by atoms with Crippen molar-refractivity contribution < 1.29 is 9.47 Å². The van der Waals surface area contributed by atoms with Gasteiger partial charge >= 0.3 is 0 Å². The highest BCUT2D eigenvalue weighted by molar-refractivity contribution is 7.80. The Balaban J connectivity index is 2.20. The molecule has 1 aromatic carbocycles. The number of rotatable bonds is 9. The van der Waals surface area contributed by atoms with Crippen LogP contribution in [0, 0.1) is 0 Å². The maximum absolute atomic E-state index is 5.63. The van der Waals surface area contributed by atoms with Crippen LogP contribution < -0.4 is 10.5 Å². The molecule has 0 saturated heterocycles. The number of thiocarbonyl (C=S) groups is 1. The molecule has 0 aliphatic rings. The topological polar surface area (TPSA) is 44.5 Å². The second-order valence-corrected chi connectivity index (χ2v) is 4.68. The number of nitrogens with two attached hydrogens (primary N) is 1. The van der Waals surface area contributed by atoms with Crippen LogP contribution >= 0.6 is 12.2 Å². The number of methoxy groups -OCH3 is 1. The van der Waals surface area contributed by atoms with Crippen LogP contribution in [0.25, 0.3) is 0 Å². The lowest BCUT2D eigenvalue weighted by Crippen LogP contribution is -2.08. The van der Waals surface area contributed by atoms with Gasteiger partial charge in [-0.3, -0.25) is 0 Å². The molecule has 1 aromatic rings. The van der Waals surface area contributed by atoms with Gasteiger partial charge in [0.15, 0.2) is 0 Å². The van der Waals surface area contributed by atoms with Crippen LogP contribution in [0.5, 0.6) is 5.75 Å². The second-order valence-electron chi connectivity index (χ2n) is 4.16. The average Bonchev–Trinajstić information content (AvgIpc) is 2.37. The second kappa shape index (κ2) is 8.89. The molecule has 0 unspecified atom stereocenters. The van der Waals surface area contributed by atoms with E-state index in [1.54, 1.807) is 7.11 Å². The molecule has 0 heterocycles. The van der Waals surface area contributed by atoms with Gasteiger partial charge in [0.1, 0.15) is 5.75 Å². The number of ether oxygens (including phenoxy) is 2. The first-order valence-electron chi connectivity index (χ1n) is 6.21. The van der Waals surface area contributed by atoms with Crippen molar-refractivity contribution in [2.24, 2.45) is 5.73 Å². The molecule has 3 nitrogen and oxygen atoms in total. The van der Waals surface area contributed by atoms with E-state index in [0.717, 1.165) is 38.0 Å². The van der Waals surface area contributed by atoms with E-state index in [0.29, 0.717) is 11.6 Å². The van der Waals surface area contributed by atoms with Gasteiger partial charge in [-0.1, -0.05) is 24.4 Å². The molecule has 0 aromatic heterocycles.